The topological polar surface area (TPSA) is 114 Å². The summed E-state index contributed by atoms with van der Waals surface area (Å²) in [6.07, 6.45) is -5.04. The predicted octanol–water partition coefficient (Wildman–Crippen LogP) is 5.35. The van der Waals surface area contributed by atoms with Gasteiger partial charge in [-0.1, -0.05) is 6.07 Å². The monoisotopic (exact) mass is 575 g/mol. The number of urea groups is 1. The largest absolute Gasteiger partial charge is 0.540 e. The van der Waals surface area contributed by atoms with Gasteiger partial charge in [-0.25, -0.2) is 9.53 Å². The van der Waals surface area contributed by atoms with Crippen LogP contribution >= 0.6 is 0 Å². The van der Waals surface area contributed by atoms with Crippen LogP contribution in [0.4, 0.5) is 33.7 Å². The fraction of sp³-hybridized carbons (Fsp3) is 0.296. The summed E-state index contributed by atoms with van der Waals surface area (Å²) in [7, 11) is 0. The number of amides is 3. The lowest BCUT2D eigenvalue weighted by Gasteiger charge is -2.30. The first-order valence-corrected chi connectivity index (χ1v) is 12.7. The number of nitrogens with one attached hydrogen (secondary N) is 3. The second-order valence-electron chi connectivity index (χ2n) is 9.29. The fourth-order valence-corrected chi connectivity index (χ4v) is 4.37. The highest BCUT2D eigenvalue weighted by molar-refractivity contribution is 6.00. The zero-order chi connectivity index (χ0) is 29.0. The van der Waals surface area contributed by atoms with Crippen molar-refractivity contribution in [3.8, 4) is 17.2 Å². The SMILES string of the molecule is O=C(Nc1cccc(Oc2ccnc(C(=O)NCCN3CCCC3)c2)c1)Nc1ccc2c(c1)C(F)(F)OC(F)(F)O2. The zero-order valence-electron chi connectivity index (χ0n) is 21.5. The third kappa shape index (κ3) is 7.21. The Bertz CT molecular complexity index is 1430. The van der Waals surface area contributed by atoms with E-state index in [9.17, 15) is 27.2 Å². The summed E-state index contributed by atoms with van der Waals surface area (Å²) in [6, 6.07) is 11.3. The van der Waals surface area contributed by atoms with Gasteiger partial charge in [0.05, 0.1) is 5.56 Å². The molecule has 0 spiro atoms. The summed E-state index contributed by atoms with van der Waals surface area (Å²) < 4.78 is 67.8. The van der Waals surface area contributed by atoms with E-state index in [4.69, 9.17) is 4.74 Å². The number of benzene rings is 2. The summed E-state index contributed by atoms with van der Waals surface area (Å²) in [5.74, 6) is -0.427. The lowest BCUT2D eigenvalue weighted by molar-refractivity contribution is -0.461. The highest BCUT2D eigenvalue weighted by Gasteiger charge is 2.54. The van der Waals surface area contributed by atoms with E-state index >= 15 is 0 Å². The lowest BCUT2D eigenvalue weighted by atomic mass is 10.1. The smallest absolute Gasteiger partial charge is 0.457 e. The number of fused-ring (bicyclic) bond motifs is 1. The normalized spacial score (nSPS) is 17.2. The van der Waals surface area contributed by atoms with Crippen LogP contribution < -0.4 is 25.4 Å². The van der Waals surface area contributed by atoms with E-state index < -0.39 is 29.7 Å². The number of carbonyl (C=O) groups excluding carboxylic acids is 2. The second-order valence-corrected chi connectivity index (χ2v) is 9.29. The van der Waals surface area contributed by atoms with Gasteiger partial charge in [-0.05, 0) is 62.3 Å². The molecule has 2 aliphatic rings. The highest BCUT2D eigenvalue weighted by Crippen LogP contribution is 2.46. The molecule has 1 fully saturated rings. The van der Waals surface area contributed by atoms with Crippen molar-refractivity contribution in [3.05, 3.63) is 72.1 Å². The quantitative estimate of drug-likeness (QED) is 0.310. The average Bonchev–Trinajstić information content (AvgIpc) is 3.42. The molecule has 0 bridgehead atoms. The highest BCUT2D eigenvalue weighted by atomic mass is 19.3. The lowest BCUT2D eigenvalue weighted by Crippen LogP contribution is -2.41. The van der Waals surface area contributed by atoms with Crippen molar-refractivity contribution in [1.29, 1.82) is 0 Å². The molecule has 3 aromatic rings. The van der Waals surface area contributed by atoms with Crippen molar-refractivity contribution in [2.75, 3.05) is 36.8 Å². The van der Waals surface area contributed by atoms with Crippen LogP contribution in [-0.4, -0.2) is 54.3 Å². The molecule has 3 N–H and O–H groups in total. The number of nitrogens with zero attached hydrogens (tertiary/aromatic N) is 2. The van der Waals surface area contributed by atoms with Gasteiger partial charge < -0.3 is 30.3 Å². The van der Waals surface area contributed by atoms with Crippen LogP contribution in [0.1, 0.15) is 28.9 Å². The van der Waals surface area contributed by atoms with Gasteiger partial charge in [-0.3, -0.25) is 9.78 Å². The maximum absolute atomic E-state index is 14.0. The Balaban J connectivity index is 1.17. The minimum atomic E-state index is -4.49. The molecule has 0 unspecified atom stereocenters. The molecule has 14 heteroatoms. The molecule has 3 heterocycles. The van der Waals surface area contributed by atoms with E-state index in [-0.39, 0.29) is 17.3 Å². The van der Waals surface area contributed by atoms with Crippen molar-refractivity contribution < 1.29 is 41.4 Å². The van der Waals surface area contributed by atoms with E-state index in [2.05, 4.69) is 35.3 Å². The number of anilines is 2. The number of hydrogen-bond donors (Lipinski definition) is 3. The molecule has 2 aliphatic heterocycles. The molecule has 2 aromatic carbocycles. The molecular formula is C27H25F4N5O5. The summed E-state index contributed by atoms with van der Waals surface area (Å²) in [5.41, 5.74) is -0.598. The van der Waals surface area contributed by atoms with Crippen LogP contribution in [0.2, 0.25) is 0 Å². The Labute approximate surface area is 231 Å². The number of likely N-dealkylation sites (tertiary alicyclic amines) is 1. The van der Waals surface area contributed by atoms with E-state index in [1.165, 1.54) is 31.2 Å². The van der Waals surface area contributed by atoms with Crippen LogP contribution in [0, 0.1) is 0 Å². The number of rotatable bonds is 8. The molecule has 0 saturated carbocycles. The Morgan fingerprint density at radius 1 is 0.951 bits per heavy atom. The van der Waals surface area contributed by atoms with E-state index in [1.807, 2.05) is 0 Å². The van der Waals surface area contributed by atoms with Gasteiger partial charge in [0.1, 0.15) is 22.9 Å². The maximum atomic E-state index is 14.0. The number of pyridine rings is 1. The van der Waals surface area contributed by atoms with Crippen LogP contribution in [-0.2, 0) is 10.8 Å². The van der Waals surface area contributed by atoms with E-state index in [0.29, 0.717) is 23.7 Å². The van der Waals surface area contributed by atoms with Crippen molar-refractivity contribution in [2.45, 2.75) is 25.2 Å². The first-order chi connectivity index (χ1) is 19.6. The summed E-state index contributed by atoms with van der Waals surface area (Å²) >= 11 is 0. The number of alkyl halides is 4. The van der Waals surface area contributed by atoms with E-state index in [0.717, 1.165) is 37.8 Å². The molecule has 0 aliphatic carbocycles. The van der Waals surface area contributed by atoms with Gasteiger partial charge in [-0.2, -0.15) is 8.78 Å². The second kappa shape index (κ2) is 11.6. The van der Waals surface area contributed by atoms with Gasteiger partial charge in [0.25, 0.3) is 5.91 Å². The molecule has 5 rings (SSSR count). The fourth-order valence-electron chi connectivity index (χ4n) is 4.37. The summed E-state index contributed by atoms with van der Waals surface area (Å²) in [5, 5.41) is 7.72. The number of ether oxygens (including phenoxy) is 3. The van der Waals surface area contributed by atoms with Crippen molar-refractivity contribution in [1.82, 2.24) is 15.2 Å². The Kier molecular flexibility index (Phi) is 7.94. The molecule has 0 radical (unpaired) electrons. The van der Waals surface area contributed by atoms with Gasteiger partial charge >= 0.3 is 18.4 Å². The maximum Gasteiger partial charge on any atom is 0.540 e. The third-order valence-corrected chi connectivity index (χ3v) is 6.23. The molecule has 216 valence electrons. The first-order valence-electron chi connectivity index (χ1n) is 12.7. The predicted molar refractivity (Wildman–Crippen MR) is 138 cm³/mol. The van der Waals surface area contributed by atoms with Crippen molar-refractivity contribution >= 4 is 23.3 Å². The van der Waals surface area contributed by atoms with Gasteiger partial charge in [0, 0.05) is 42.8 Å². The first kappa shape index (κ1) is 28.1. The molecule has 1 saturated heterocycles. The number of carbonyl (C=O) groups is 2. The number of halogens is 4. The average molecular weight is 576 g/mol. The Morgan fingerprint density at radius 2 is 1.68 bits per heavy atom. The summed E-state index contributed by atoms with van der Waals surface area (Å²) in [6.45, 7) is 3.35. The molecule has 0 atom stereocenters. The Hall–Kier alpha value is -4.43. The van der Waals surface area contributed by atoms with Crippen LogP contribution in [0.5, 0.6) is 17.2 Å². The summed E-state index contributed by atoms with van der Waals surface area (Å²) in [4.78, 5) is 31.4. The zero-order valence-corrected chi connectivity index (χ0v) is 21.5. The van der Waals surface area contributed by atoms with Gasteiger partial charge in [-0.15, -0.1) is 8.78 Å². The van der Waals surface area contributed by atoms with Crippen LogP contribution in [0.15, 0.2) is 60.8 Å². The number of aromatic nitrogens is 1. The molecule has 41 heavy (non-hydrogen) atoms. The minimum absolute atomic E-state index is 0.117. The van der Waals surface area contributed by atoms with Crippen molar-refractivity contribution in [2.24, 2.45) is 0 Å². The van der Waals surface area contributed by atoms with E-state index in [1.54, 1.807) is 24.3 Å². The van der Waals surface area contributed by atoms with Gasteiger partial charge in [0.15, 0.2) is 0 Å². The Morgan fingerprint density at radius 3 is 2.46 bits per heavy atom. The molecule has 3 amide bonds. The third-order valence-electron chi connectivity index (χ3n) is 6.23. The van der Waals surface area contributed by atoms with Crippen LogP contribution in [0.3, 0.4) is 0 Å². The van der Waals surface area contributed by atoms with Gasteiger partial charge in [0.2, 0.25) is 0 Å². The molecule has 10 nitrogen and oxygen atoms in total. The number of hydrogen-bond acceptors (Lipinski definition) is 7. The van der Waals surface area contributed by atoms with Crippen LogP contribution in [0.25, 0.3) is 0 Å². The minimum Gasteiger partial charge on any atom is -0.457 e. The molecular weight excluding hydrogens is 550 g/mol. The standard InChI is InChI=1S/C27H25F4N5O5/c28-26(29)21-15-18(6-7-23(21)40-27(30,31)41-26)35-25(38)34-17-4-3-5-19(14-17)39-20-8-9-32-22(16-20)24(37)33-10-13-36-11-1-2-12-36/h3-9,14-16H,1-2,10-13H2,(H,33,37)(H2,34,35,38). The molecule has 1 aromatic heterocycles. The van der Waals surface area contributed by atoms with Crippen molar-refractivity contribution in [3.63, 3.8) is 0 Å².